The van der Waals surface area contributed by atoms with Crippen molar-refractivity contribution in [3.05, 3.63) is 77.3 Å². The van der Waals surface area contributed by atoms with E-state index in [4.69, 9.17) is 20.8 Å². The van der Waals surface area contributed by atoms with Gasteiger partial charge in [0.1, 0.15) is 11.3 Å². The number of fused-ring (bicyclic) bond motifs is 1. The summed E-state index contributed by atoms with van der Waals surface area (Å²) in [4.78, 5) is 17.5. The van der Waals surface area contributed by atoms with E-state index in [2.05, 4.69) is 17.2 Å². The van der Waals surface area contributed by atoms with Crippen molar-refractivity contribution in [3.8, 4) is 17.2 Å². The van der Waals surface area contributed by atoms with Gasteiger partial charge in [-0.1, -0.05) is 42.8 Å². The fraction of sp³-hybridized carbons (Fsp3) is 0.200. The Morgan fingerprint density at radius 1 is 1.10 bits per heavy atom. The van der Waals surface area contributed by atoms with Crippen LogP contribution in [0.5, 0.6) is 5.75 Å². The Morgan fingerprint density at radius 2 is 1.87 bits per heavy atom. The van der Waals surface area contributed by atoms with Gasteiger partial charge in [0.05, 0.1) is 10.6 Å². The number of oxazole rings is 1. The van der Waals surface area contributed by atoms with Crippen LogP contribution in [0.4, 0.5) is 5.69 Å². The molecule has 1 heterocycles. The first-order valence-electron chi connectivity index (χ1n) is 10.1. The van der Waals surface area contributed by atoms with Crippen molar-refractivity contribution in [2.45, 2.75) is 32.8 Å². The summed E-state index contributed by atoms with van der Waals surface area (Å²) in [5.41, 5.74) is 2.75. The number of nitrogens with one attached hydrogen (secondary N) is 1. The van der Waals surface area contributed by atoms with E-state index in [0.29, 0.717) is 33.5 Å². The molecular formula is C25H23ClN2O3. The van der Waals surface area contributed by atoms with Crippen molar-refractivity contribution in [1.82, 2.24) is 4.98 Å². The molecular weight excluding hydrogens is 412 g/mol. The fourth-order valence-corrected chi connectivity index (χ4v) is 3.38. The number of hydrogen-bond acceptors (Lipinski definition) is 4. The highest BCUT2D eigenvalue weighted by atomic mass is 35.5. The van der Waals surface area contributed by atoms with Crippen LogP contribution in [0.2, 0.25) is 5.02 Å². The van der Waals surface area contributed by atoms with Gasteiger partial charge in [-0.3, -0.25) is 4.79 Å². The number of halogens is 1. The summed E-state index contributed by atoms with van der Waals surface area (Å²) in [5, 5.41) is 3.39. The van der Waals surface area contributed by atoms with Gasteiger partial charge in [-0.2, -0.15) is 0 Å². The van der Waals surface area contributed by atoms with E-state index in [1.807, 2.05) is 48.5 Å². The molecule has 0 unspecified atom stereocenters. The Labute approximate surface area is 186 Å². The quantitative estimate of drug-likeness (QED) is 0.376. The van der Waals surface area contributed by atoms with Crippen molar-refractivity contribution in [2.24, 2.45) is 0 Å². The molecule has 0 aliphatic heterocycles. The predicted molar refractivity (Wildman–Crippen MR) is 124 cm³/mol. The average Bonchev–Trinajstić information content (AvgIpc) is 3.18. The van der Waals surface area contributed by atoms with Crippen LogP contribution in [0.3, 0.4) is 0 Å². The van der Waals surface area contributed by atoms with Gasteiger partial charge >= 0.3 is 0 Å². The first-order chi connectivity index (χ1) is 14.9. The Morgan fingerprint density at radius 3 is 2.61 bits per heavy atom. The van der Waals surface area contributed by atoms with Gasteiger partial charge in [0.25, 0.3) is 5.91 Å². The molecule has 0 spiro atoms. The van der Waals surface area contributed by atoms with Crippen LogP contribution in [0.1, 0.15) is 26.3 Å². The predicted octanol–water partition coefficient (Wildman–Crippen LogP) is 6.51. The number of nitrogens with zero attached hydrogens (tertiary/aromatic N) is 1. The third-order valence-electron chi connectivity index (χ3n) is 4.98. The van der Waals surface area contributed by atoms with Gasteiger partial charge in [-0.25, -0.2) is 4.98 Å². The lowest BCUT2D eigenvalue weighted by Crippen LogP contribution is -2.42. The number of ether oxygens (including phenoxy) is 1. The molecule has 0 bridgehead atoms. The van der Waals surface area contributed by atoms with Crippen LogP contribution in [0.25, 0.3) is 22.6 Å². The van der Waals surface area contributed by atoms with Crippen LogP contribution in [-0.4, -0.2) is 16.5 Å². The van der Waals surface area contributed by atoms with Crippen molar-refractivity contribution in [1.29, 1.82) is 0 Å². The number of aryl methyl sites for hydroxylation is 1. The van der Waals surface area contributed by atoms with Crippen molar-refractivity contribution in [3.63, 3.8) is 0 Å². The maximum atomic E-state index is 12.9. The van der Waals surface area contributed by atoms with E-state index in [0.717, 1.165) is 11.9 Å². The van der Waals surface area contributed by atoms with Crippen LogP contribution in [0, 0.1) is 0 Å². The van der Waals surface area contributed by atoms with E-state index >= 15 is 0 Å². The number of hydrogen-bond donors (Lipinski definition) is 1. The molecule has 4 aromatic rings. The van der Waals surface area contributed by atoms with E-state index in [1.165, 1.54) is 5.56 Å². The first-order valence-corrected chi connectivity index (χ1v) is 10.5. The zero-order valence-corrected chi connectivity index (χ0v) is 18.4. The lowest BCUT2D eigenvalue weighted by Gasteiger charge is -2.25. The second kappa shape index (κ2) is 8.44. The zero-order valence-electron chi connectivity index (χ0n) is 17.6. The molecule has 4 rings (SSSR count). The number of benzene rings is 3. The minimum atomic E-state index is -1.07. The van der Waals surface area contributed by atoms with Crippen LogP contribution < -0.4 is 10.1 Å². The molecule has 158 valence electrons. The highest BCUT2D eigenvalue weighted by molar-refractivity contribution is 6.33. The largest absolute Gasteiger partial charge is 0.478 e. The van der Waals surface area contributed by atoms with Gasteiger partial charge in [0, 0.05) is 5.69 Å². The molecule has 0 saturated heterocycles. The maximum absolute atomic E-state index is 12.9. The number of amides is 1. The smallest absolute Gasteiger partial charge is 0.267 e. The lowest BCUT2D eigenvalue weighted by atomic mass is 10.1. The lowest BCUT2D eigenvalue weighted by molar-refractivity contribution is -0.128. The summed E-state index contributed by atoms with van der Waals surface area (Å²) < 4.78 is 11.8. The second-order valence-electron chi connectivity index (χ2n) is 7.75. The highest BCUT2D eigenvalue weighted by Gasteiger charge is 2.30. The Balaban J connectivity index is 1.58. The van der Waals surface area contributed by atoms with E-state index < -0.39 is 5.60 Å². The number of aromatic nitrogens is 1. The molecule has 3 aromatic carbocycles. The minimum Gasteiger partial charge on any atom is -0.478 e. The second-order valence-corrected chi connectivity index (χ2v) is 8.16. The molecule has 1 N–H and O–H groups in total. The fourth-order valence-electron chi connectivity index (χ4n) is 3.19. The topological polar surface area (TPSA) is 64.4 Å². The Hall–Kier alpha value is -3.31. The number of carbonyl (C=O) groups excluding carboxylic acids is 1. The SMILES string of the molecule is CCc1ccc2oc(-c3cc(NC(=O)C(C)(C)Oc4ccccc4)ccc3Cl)nc2c1. The van der Waals surface area contributed by atoms with Crippen LogP contribution >= 0.6 is 11.6 Å². The first kappa shape index (κ1) is 20.9. The van der Waals surface area contributed by atoms with Gasteiger partial charge in [0.2, 0.25) is 5.89 Å². The molecule has 1 amide bonds. The molecule has 6 heteroatoms. The standard InChI is InChI=1S/C25H23ClN2O3/c1-4-16-10-13-22-21(14-16)28-23(30-22)19-15-17(11-12-20(19)26)27-24(29)25(2,3)31-18-8-6-5-7-9-18/h5-15H,4H2,1-3H3,(H,27,29). The maximum Gasteiger partial charge on any atom is 0.267 e. The van der Waals surface area contributed by atoms with Crippen LogP contribution in [0.15, 0.2) is 71.1 Å². The molecule has 31 heavy (non-hydrogen) atoms. The molecule has 0 atom stereocenters. The number of rotatable bonds is 6. The van der Waals surface area contributed by atoms with Crippen molar-refractivity contribution < 1.29 is 13.9 Å². The molecule has 0 aliphatic rings. The van der Waals surface area contributed by atoms with Crippen molar-refractivity contribution in [2.75, 3.05) is 5.32 Å². The monoisotopic (exact) mass is 434 g/mol. The summed E-state index contributed by atoms with van der Waals surface area (Å²) in [6.45, 7) is 5.53. The summed E-state index contributed by atoms with van der Waals surface area (Å²) in [6, 6.07) is 20.4. The average molecular weight is 435 g/mol. The summed E-state index contributed by atoms with van der Waals surface area (Å²) in [5.74, 6) is 0.747. The van der Waals surface area contributed by atoms with Crippen molar-refractivity contribution >= 4 is 34.3 Å². The highest BCUT2D eigenvalue weighted by Crippen LogP contribution is 2.33. The normalized spacial score (nSPS) is 11.5. The molecule has 0 radical (unpaired) electrons. The molecule has 0 fully saturated rings. The van der Waals surface area contributed by atoms with E-state index in [9.17, 15) is 4.79 Å². The number of para-hydroxylation sites is 1. The van der Waals surface area contributed by atoms with Gasteiger partial charge < -0.3 is 14.5 Å². The van der Waals surface area contributed by atoms with Gasteiger partial charge in [-0.05, 0) is 68.3 Å². The van der Waals surface area contributed by atoms with E-state index in [1.54, 1.807) is 32.0 Å². The molecule has 1 aromatic heterocycles. The van der Waals surface area contributed by atoms with Gasteiger partial charge in [0.15, 0.2) is 11.2 Å². The Bertz CT molecular complexity index is 1230. The Kier molecular flexibility index (Phi) is 5.70. The van der Waals surface area contributed by atoms with Crippen LogP contribution in [-0.2, 0) is 11.2 Å². The van der Waals surface area contributed by atoms with E-state index in [-0.39, 0.29) is 5.91 Å². The third-order valence-corrected chi connectivity index (χ3v) is 5.31. The number of anilines is 1. The summed E-state index contributed by atoms with van der Waals surface area (Å²) in [7, 11) is 0. The number of carbonyl (C=O) groups is 1. The molecule has 0 aliphatic carbocycles. The third kappa shape index (κ3) is 4.57. The minimum absolute atomic E-state index is 0.283. The zero-order chi connectivity index (χ0) is 22.0. The summed E-state index contributed by atoms with van der Waals surface area (Å²) >= 11 is 6.41. The molecule has 5 nitrogen and oxygen atoms in total. The van der Waals surface area contributed by atoms with Gasteiger partial charge in [-0.15, -0.1) is 0 Å². The summed E-state index contributed by atoms with van der Waals surface area (Å²) in [6.07, 6.45) is 0.918. The molecule has 0 saturated carbocycles.